The van der Waals surface area contributed by atoms with E-state index >= 15 is 0 Å². The fourth-order valence-corrected chi connectivity index (χ4v) is 0.827. The van der Waals surface area contributed by atoms with Gasteiger partial charge in [-0.3, -0.25) is 10.1 Å². The Morgan fingerprint density at radius 1 is 1.60 bits per heavy atom. The number of carboxylic acids is 1. The predicted octanol–water partition coefficient (Wildman–Crippen LogP) is 0.0227. The summed E-state index contributed by atoms with van der Waals surface area (Å²) in [6.07, 6.45) is 0. The van der Waals surface area contributed by atoms with Gasteiger partial charge in [0, 0.05) is 6.07 Å². The molecule has 0 saturated carbocycles. The number of nitrogens with zero attached hydrogens (tertiary/aromatic N) is 1. The van der Waals surface area contributed by atoms with Crippen LogP contribution in [0.15, 0.2) is 10.6 Å². The number of aliphatic carboxylic acids is 1. The quantitative estimate of drug-likeness (QED) is 0.716. The maximum absolute atomic E-state index is 11.1. The molecule has 1 heterocycles. The summed E-state index contributed by atoms with van der Waals surface area (Å²) in [5.74, 6) is -1.41. The van der Waals surface area contributed by atoms with Gasteiger partial charge in [-0.2, -0.15) is 0 Å². The molecular weight excluding hydrogens is 204 g/mol. The molecule has 0 bridgehead atoms. The zero-order valence-electron chi connectivity index (χ0n) is 8.02. The van der Waals surface area contributed by atoms with Crippen molar-refractivity contribution < 1.29 is 24.0 Å². The molecule has 0 fully saturated rings. The Hall–Kier alpha value is -1.89. The van der Waals surface area contributed by atoms with Crippen LogP contribution in [0.4, 0.5) is 5.88 Å². The number of anilines is 1. The normalized spacial score (nSPS) is 9.93. The van der Waals surface area contributed by atoms with E-state index in [2.05, 4.69) is 15.2 Å². The first kappa shape index (κ1) is 11.2. The van der Waals surface area contributed by atoms with Crippen LogP contribution in [-0.2, 0) is 14.3 Å². The molecule has 0 unspecified atom stereocenters. The Labute approximate surface area is 85.0 Å². The summed E-state index contributed by atoms with van der Waals surface area (Å²) in [6, 6.07) is 1.54. The van der Waals surface area contributed by atoms with E-state index in [1.165, 1.54) is 6.07 Å². The molecule has 1 aromatic rings. The molecule has 0 aliphatic rings. The van der Waals surface area contributed by atoms with Gasteiger partial charge in [-0.15, -0.1) is 0 Å². The number of carboxylic acid groups (broad SMARTS) is 1. The number of carbonyl (C=O) groups is 2. The maximum Gasteiger partial charge on any atom is 0.329 e. The van der Waals surface area contributed by atoms with Crippen molar-refractivity contribution in [3.05, 3.63) is 11.8 Å². The van der Waals surface area contributed by atoms with Crippen molar-refractivity contribution in [3.63, 3.8) is 0 Å². The topological polar surface area (TPSA) is 102 Å². The second-order valence-electron chi connectivity index (χ2n) is 2.77. The predicted molar refractivity (Wildman–Crippen MR) is 48.3 cm³/mol. The van der Waals surface area contributed by atoms with Gasteiger partial charge in [0.05, 0.1) is 5.69 Å². The Morgan fingerprint density at radius 3 is 2.87 bits per heavy atom. The fourth-order valence-electron chi connectivity index (χ4n) is 0.827. The van der Waals surface area contributed by atoms with Gasteiger partial charge in [-0.05, 0) is 6.92 Å². The van der Waals surface area contributed by atoms with Gasteiger partial charge in [0.15, 0.2) is 0 Å². The van der Waals surface area contributed by atoms with Gasteiger partial charge in [-0.1, -0.05) is 5.16 Å². The van der Waals surface area contributed by atoms with Gasteiger partial charge in [-0.25, -0.2) is 4.79 Å². The lowest BCUT2D eigenvalue weighted by Gasteiger charge is -2.00. The SMILES string of the molecule is Cc1cc(NC(=O)COCC(=O)O)on1. The summed E-state index contributed by atoms with van der Waals surface area (Å²) in [4.78, 5) is 21.1. The molecule has 1 amide bonds. The second-order valence-corrected chi connectivity index (χ2v) is 2.77. The number of hydrogen-bond donors (Lipinski definition) is 2. The Bertz CT molecular complexity index is 360. The van der Waals surface area contributed by atoms with Crippen LogP contribution in [0.5, 0.6) is 0 Å². The van der Waals surface area contributed by atoms with E-state index in [1.54, 1.807) is 6.92 Å². The van der Waals surface area contributed by atoms with Crippen LogP contribution in [0.3, 0.4) is 0 Å². The third-order valence-corrected chi connectivity index (χ3v) is 1.35. The number of rotatable bonds is 5. The third-order valence-electron chi connectivity index (χ3n) is 1.35. The highest BCUT2D eigenvalue weighted by atomic mass is 16.5. The average Bonchev–Trinajstić information content (AvgIpc) is 2.50. The molecule has 0 aliphatic carbocycles. The zero-order valence-corrected chi connectivity index (χ0v) is 8.02. The number of amides is 1. The fraction of sp³-hybridized carbons (Fsp3) is 0.375. The zero-order chi connectivity index (χ0) is 11.3. The molecule has 7 heteroatoms. The number of hydrogen-bond acceptors (Lipinski definition) is 5. The molecule has 0 radical (unpaired) electrons. The van der Waals surface area contributed by atoms with Crippen molar-refractivity contribution in [1.29, 1.82) is 0 Å². The number of ether oxygens (including phenoxy) is 1. The lowest BCUT2D eigenvalue weighted by Crippen LogP contribution is -2.20. The number of carbonyl (C=O) groups excluding carboxylic acids is 1. The Kier molecular flexibility index (Phi) is 3.81. The van der Waals surface area contributed by atoms with E-state index in [9.17, 15) is 9.59 Å². The molecule has 0 aliphatic heterocycles. The highest BCUT2D eigenvalue weighted by Gasteiger charge is 2.07. The summed E-state index contributed by atoms with van der Waals surface area (Å²) in [7, 11) is 0. The summed E-state index contributed by atoms with van der Waals surface area (Å²) in [5, 5.41) is 14.1. The third kappa shape index (κ3) is 4.23. The van der Waals surface area contributed by atoms with Gasteiger partial charge in [0.25, 0.3) is 5.91 Å². The van der Waals surface area contributed by atoms with Crippen LogP contribution in [0.2, 0.25) is 0 Å². The first-order valence-corrected chi connectivity index (χ1v) is 4.10. The molecular formula is C8H10N2O5. The Morgan fingerprint density at radius 2 is 2.33 bits per heavy atom. The van der Waals surface area contributed by atoms with Crippen LogP contribution in [0, 0.1) is 6.92 Å². The summed E-state index contributed by atoms with van der Waals surface area (Å²) in [5.41, 5.74) is 0.636. The summed E-state index contributed by atoms with van der Waals surface area (Å²) >= 11 is 0. The first-order valence-electron chi connectivity index (χ1n) is 4.10. The molecule has 0 saturated heterocycles. The summed E-state index contributed by atoms with van der Waals surface area (Å²) in [6.45, 7) is 0.856. The standard InChI is InChI=1S/C8H10N2O5/c1-5-2-7(15-10-5)9-6(11)3-14-4-8(12)13/h2H,3-4H2,1H3,(H,9,11)(H,12,13). The van der Waals surface area contributed by atoms with Crippen LogP contribution >= 0.6 is 0 Å². The smallest absolute Gasteiger partial charge is 0.329 e. The van der Waals surface area contributed by atoms with Crippen LogP contribution in [0.25, 0.3) is 0 Å². The lowest BCUT2D eigenvalue weighted by molar-refractivity contribution is -0.143. The van der Waals surface area contributed by atoms with Crippen LogP contribution in [-0.4, -0.2) is 35.4 Å². The van der Waals surface area contributed by atoms with Crippen molar-refractivity contribution >= 4 is 17.8 Å². The second kappa shape index (κ2) is 5.11. The molecule has 2 N–H and O–H groups in total. The van der Waals surface area contributed by atoms with E-state index in [0.29, 0.717) is 5.69 Å². The van der Waals surface area contributed by atoms with E-state index in [4.69, 9.17) is 9.63 Å². The minimum Gasteiger partial charge on any atom is -0.480 e. The number of aromatic nitrogens is 1. The largest absolute Gasteiger partial charge is 0.480 e. The van der Waals surface area contributed by atoms with Crippen molar-refractivity contribution in [1.82, 2.24) is 5.16 Å². The molecule has 7 nitrogen and oxygen atoms in total. The highest BCUT2D eigenvalue weighted by Crippen LogP contribution is 2.07. The van der Waals surface area contributed by atoms with Crippen LogP contribution < -0.4 is 5.32 Å². The lowest BCUT2D eigenvalue weighted by atomic mass is 10.5. The average molecular weight is 214 g/mol. The molecule has 0 aromatic carbocycles. The minimum absolute atomic E-state index is 0.205. The maximum atomic E-state index is 11.1. The molecule has 15 heavy (non-hydrogen) atoms. The Balaban J connectivity index is 2.27. The number of aryl methyl sites for hydroxylation is 1. The summed E-state index contributed by atoms with van der Waals surface area (Å²) < 4.78 is 9.27. The number of nitrogens with one attached hydrogen (secondary N) is 1. The van der Waals surface area contributed by atoms with E-state index in [0.717, 1.165) is 0 Å². The van der Waals surface area contributed by atoms with Crippen molar-refractivity contribution in [2.75, 3.05) is 18.5 Å². The first-order chi connectivity index (χ1) is 7.08. The van der Waals surface area contributed by atoms with Crippen molar-refractivity contribution in [3.8, 4) is 0 Å². The molecule has 1 rings (SSSR count). The molecule has 1 aromatic heterocycles. The highest BCUT2D eigenvalue weighted by molar-refractivity contribution is 5.90. The molecule has 0 spiro atoms. The van der Waals surface area contributed by atoms with E-state index in [1.807, 2.05) is 0 Å². The van der Waals surface area contributed by atoms with E-state index < -0.39 is 18.5 Å². The monoisotopic (exact) mass is 214 g/mol. The van der Waals surface area contributed by atoms with Gasteiger partial charge in [0.1, 0.15) is 13.2 Å². The van der Waals surface area contributed by atoms with Crippen molar-refractivity contribution in [2.45, 2.75) is 6.92 Å². The van der Waals surface area contributed by atoms with E-state index in [-0.39, 0.29) is 12.5 Å². The minimum atomic E-state index is -1.13. The van der Waals surface area contributed by atoms with Crippen LogP contribution in [0.1, 0.15) is 5.69 Å². The van der Waals surface area contributed by atoms with Gasteiger partial charge >= 0.3 is 5.97 Å². The van der Waals surface area contributed by atoms with Crippen molar-refractivity contribution in [2.24, 2.45) is 0 Å². The molecule has 82 valence electrons. The van der Waals surface area contributed by atoms with Gasteiger partial charge < -0.3 is 14.4 Å². The molecule has 0 atom stereocenters. The van der Waals surface area contributed by atoms with Gasteiger partial charge in [0.2, 0.25) is 5.88 Å².